The highest BCUT2D eigenvalue weighted by atomic mass is 16.2. The zero-order valence-corrected chi connectivity index (χ0v) is 13.9. The second kappa shape index (κ2) is 4.95. The Kier molecular flexibility index (Phi) is 2.94. The number of nitrogens with zero attached hydrogens (tertiary/aromatic N) is 3. The number of aromatic nitrogens is 2. The number of carbonyl (C=O) groups excluding carboxylic acids is 1. The maximum atomic E-state index is 13.5. The molecule has 5 rings (SSSR count). The average molecular weight is 321 g/mol. The standard InChI is InChI=1S/C20H23N3O/c24-18(22-13-17(14-22)23-12-6-11-21-23)20(16-7-2-1-3-8-16)15-19(20)9-4-5-10-19/h1-3,6-8,11-12,17H,4-5,9-10,13-15H2/t20-/m0/s1. The molecule has 1 saturated heterocycles. The third-order valence-corrected chi connectivity index (χ3v) is 6.62. The number of carbonyl (C=O) groups is 1. The summed E-state index contributed by atoms with van der Waals surface area (Å²) in [5.74, 6) is 0.360. The molecular formula is C20H23N3O. The maximum Gasteiger partial charge on any atom is 0.233 e. The molecule has 2 aliphatic carbocycles. The summed E-state index contributed by atoms with van der Waals surface area (Å²) in [6.45, 7) is 1.59. The van der Waals surface area contributed by atoms with Crippen LogP contribution in [0.5, 0.6) is 0 Å². The Morgan fingerprint density at radius 3 is 2.50 bits per heavy atom. The smallest absolute Gasteiger partial charge is 0.233 e. The van der Waals surface area contributed by atoms with Crippen molar-refractivity contribution in [3.8, 4) is 0 Å². The molecule has 4 nitrogen and oxygen atoms in total. The summed E-state index contributed by atoms with van der Waals surface area (Å²) in [6, 6.07) is 12.8. The van der Waals surface area contributed by atoms with Crippen molar-refractivity contribution in [3.05, 3.63) is 54.4 Å². The molecule has 1 amide bonds. The van der Waals surface area contributed by atoms with Gasteiger partial charge in [-0.25, -0.2) is 0 Å². The van der Waals surface area contributed by atoms with Gasteiger partial charge in [0.05, 0.1) is 11.5 Å². The Hall–Kier alpha value is -2.10. The predicted molar refractivity (Wildman–Crippen MR) is 91.5 cm³/mol. The van der Waals surface area contributed by atoms with E-state index in [1.165, 1.54) is 31.2 Å². The summed E-state index contributed by atoms with van der Waals surface area (Å²) >= 11 is 0. The molecule has 2 heterocycles. The van der Waals surface area contributed by atoms with Crippen LogP contribution in [-0.2, 0) is 10.2 Å². The fraction of sp³-hybridized carbons (Fsp3) is 0.500. The van der Waals surface area contributed by atoms with E-state index in [0.29, 0.717) is 11.9 Å². The molecule has 1 atom stereocenters. The van der Waals surface area contributed by atoms with E-state index < -0.39 is 0 Å². The minimum absolute atomic E-state index is 0.238. The lowest BCUT2D eigenvalue weighted by Crippen LogP contribution is -2.55. The SMILES string of the molecule is O=C(N1CC(n2cccn2)C1)[C@@]1(c2ccccc2)CC12CCCC2. The number of hydrogen-bond donors (Lipinski definition) is 0. The minimum Gasteiger partial charge on any atom is -0.337 e. The van der Waals surface area contributed by atoms with Crippen LogP contribution in [-0.4, -0.2) is 33.7 Å². The summed E-state index contributed by atoms with van der Waals surface area (Å²) in [5, 5.41) is 4.32. The van der Waals surface area contributed by atoms with Gasteiger partial charge in [0.1, 0.15) is 0 Å². The van der Waals surface area contributed by atoms with Crippen LogP contribution < -0.4 is 0 Å². The predicted octanol–water partition coefficient (Wildman–Crippen LogP) is 3.17. The molecule has 1 aromatic carbocycles. The summed E-state index contributed by atoms with van der Waals surface area (Å²) in [7, 11) is 0. The Balaban J connectivity index is 1.41. The highest BCUT2D eigenvalue weighted by Gasteiger charge is 2.73. The van der Waals surface area contributed by atoms with Crippen LogP contribution in [0.25, 0.3) is 0 Å². The maximum absolute atomic E-state index is 13.5. The van der Waals surface area contributed by atoms with Gasteiger partial charge in [-0.05, 0) is 36.3 Å². The van der Waals surface area contributed by atoms with Gasteiger partial charge in [-0.1, -0.05) is 43.2 Å². The number of amides is 1. The number of likely N-dealkylation sites (tertiary alicyclic amines) is 1. The molecule has 1 aromatic heterocycles. The molecule has 0 N–H and O–H groups in total. The van der Waals surface area contributed by atoms with Gasteiger partial charge in [-0.15, -0.1) is 0 Å². The Labute approximate surface area is 142 Å². The van der Waals surface area contributed by atoms with E-state index in [1.807, 2.05) is 29.2 Å². The fourth-order valence-corrected chi connectivity index (χ4v) is 5.23. The first-order valence-electron chi connectivity index (χ1n) is 9.09. The summed E-state index contributed by atoms with van der Waals surface area (Å²) in [6.07, 6.45) is 9.83. The van der Waals surface area contributed by atoms with E-state index in [-0.39, 0.29) is 10.8 Å². The van der Waals surface area contributed by atoms with E-state index in [0.717, 1.165) is 19.5 Å². The summed E-state index contributed by atoms with van der Waals surface area (Å²) in [4.78, 5) is 15.5. The molecule has 1 spiro atoms. The van der Waals surface area contributed by atoms with E-state index in [4.69, 9.17) is 0 Å². The van der Waals surface area contributed by atoms with Crippen LogP contribution in [0.3, 0.4) is 0 Å². The monoisotopic (exact) mass is 321 g/mol. The van der Waals surface area contributed by atoms with Crippen molar-refractivity contribution in [3.63, 3.8) is 0 Å². The Morgan fingerprint density at radius 2 is 1.83 bits per heavy atom. The molecule has 2 aromatic rings. The first-order valence-corrected chi connectivity index (χ1v) is 9.09. The fourth-order valence-electron chi connectivity index (χ4n) is 5.23. The van der Waals surface area contributed by atoms with Crippen LogP contribution in [0.4, 0.5) is 0 Å². The van der Waals surface area contributed by atoms with Crippen molar-refractivity contribution < 1.29 is 4.79 Å². The molecule has 2 saturated carbocycles. The van der Waals surface area contributed by atoms with Gasteiger partial charge in [-0.2, -0.15) is 5.10 Å². The van der Waals surface area contributed by atoms with Crippen molar-refractivity contribution in [2.75, 3.05) is 13.1 Å². The van der Waals surface area contributed by atoms with Gasteiger partial charge < -0.3 is 4.90 Å². The summed E-state index contributed by atoms with van der Waals surface area (Å²) < 4.78 is 1.98. The second-order valence-corrected chi connectivity index (χ2v) is 7.79. The highest BCUT2D eigenvalue weighted by molar-refractivity contribution is 5.94. The van der Waals surface area contributed by atoms with Crippen LogP contribution in [0.1, 0.15) is 43.7 Å². The lowest BCUT2D eigenvalue weighted by molar-refractivity contribution is -0.141. The Morgan fingerprint density at radius 1 is 1.08 bits per heavy atom. The lowest BCUT2D eigenvalue weighted by atomic mass is 9.82. The second-order valence-electron chi connectivity index (χ2n) is 7.79. The van der Waals surface area contributed by atoms with Gasteiger partial charge in [0.25, 0.3) is 0 Å². The van der Waals surface area contributed by atoms with Gasteiger partial charge >= 0.3 is 0 Å². The topological polar surface area (TPSA) is 38.1 Å². The van der Waals surface area contributed by atoms with Crippen LogP contribution in [0.15, 0.2) is 48.8 Å². The molecule has 4 heteroatoms. The molecule has 0 radical (unpaired) electrons. The molecule has 124 valence electrons. The van der Waals surface area contributed by atoms with Crippen LogP contribution in [0.2, 0.25) is 0 Å². The Bertz CT molecular complexity index is 742. The number of benzene rings is 1. The summed E-state index contributed by atoms with van der Waals surface area (Å²) in [5.41, 5.74) is 1.22. The van der Waals surface area contributed by atoms with Crippen molar-refractivity contribution in [1.29, 1.82) is 0 Å². The zero-order chi connectivity index (χ0) is 16.2. The first kappa shape index (κ1) is 14.3. The van der Waals surface area contributed by atoms with E-state index in [2.05, 4.69) is 34.3 Å². The van der Waals surface area contributed by atoms with Gasteiger partial charge in [0, 0.05) is 25.5 Å². The molecular weight excluding hydrogens is 298 g/mol. The van der Waals surface area contributed by atoms with Crippen molar-refractivity contribution in [2.45, 2.75) is 43.6 Å². The molecule has 3 fully saturated rings. The average Bonchev–Trinajstić information content (AvgIpc) is 2.93. The largest absolute Gasteiger partial charge is 0.337 e. The number of hydrogen-bond acceptors (Lipinski definition) is 2. The normalized spacial score (nSPS) is 28.1. The number of rotatable bonds is 3. The molecule has 0 unspecified atom stereocenters. The van der Waals surface area contributed by atoms with E-state index in [1.54, 1.807) is 0 Å². The van der Waals surface area contributed by atoms with Crippen LogP contribution in [0, 0.1) is 5.41 Å². The lowest BCUT2D eigenvalue weighted by Gasteiger charge is -2.42. The third kappa shape index (κ3) is 1.80. The molecule has 1 aliphatic heterocycles. The van der Waals surface area contributed by atoms with Crippen LogP contribution >= 0.6 is 0 Å². The third-order valence-electron chi connectivity index (χ3n) is 6.62. The van der Waals surface area contributed by atoms with Crippen molar-refractivity contribution in [2.24, 2.45) is 5.41 Å². The highest BCUT2D eigenvalue weighted by Crippen LogP contribution is 2.72. The van der Waals surface area contributed by atoms with E-state index >= 15 is 0 Å². The van der Waals surface area contributed by atoms with Gasteiger partial charge in [0.2, 0.25) is 5.91 Å². The zero-order valence-electron chi connectivity index (χ0n) is 13.9. The quantitative estimate of drug-likeness (QED) is 0.871. The van der Waals surface area contributed by atoms with Gasteiger partial charge in [0.15, 0.2) is 0 Å². The molecule has 3 aliphatic rings. The van der Waals surface area contributed by atoms with Crippen molar-refractivity contribution >= 4 is 5.91 Å². The molecule has 24 heavy (non-hydrogen) atoms. The van der Waals surface area contributed by atoms with Gasteiger partial charge in [-0.3, -0.25) is 9.48 Å². The van der Waals surface area contributed by atoms with E-state index in [9.17, 15) is 4.79 Å². The minimum atomic E-state index is -0.250. The first-order chi connectivity index (χ1) is 11.8. The molecule has 0 bridgehead atoms. The van der Waals surface area contributed by atoms with Crippen molar-refractivity contribution in [1.82, 2.24) is 14.7 Å².